The third-order valence-electron chi connectivity index (χ3n) is 3.76. The number of methoxy groups -OCH3 is 1. The molecule has 124 valence electrons. The second-order valence-corrected chi connectivity index (χ2v) is 6.54. The number of fused-ring (bicyclic) bond motifs is 1. The summed E-state index contributed by atoms with van der Waals surface area (Å²) < 4.78 is 5.09. The van der Waals surface area contributed by atoms with E-state index < -0.39 is 0 Å². The summed E-state index contributed by atoms with van der Waals surface area (Å²) in [5, 5.41) is 5.72. The molecule has 2 aromatic carbocycles. The van der Waals surface area contributed by atoms with Crippen molar-refractivity contribution in [2.24, 2.45) is 5.92 Å². The standard InChI is InChI=1S/C18H18N2O3S/c1-23-14-8-6-13(7-9-14)19-17(21)10-12-11-24-16-5-3-2-4-15(16)20-18(12)22/h2-9,12H,10-11H2,1H3,(H,19,21)(H,20,22). The zero-order chi connectivity index (χ0) is 16.9. The Hall–Kier alpha value is -2.47. The van der Waals surface area contributed by atoms with Gasteiger partial charge in [-0.1, -0.05) is 12.1 Å². The van der Waals surface area contributed by atoms with Crippen LogP contribution >= 0.6 is 11.8 Å². The minimum Gasteiger partial charge on any atom is -0.497 e. The molecule has 0 saturated heterocycles. The number of para-hydroxylation sites is 1. The molecule has 3 rings (SSSR count). The highest BCUT2D eigenvalue weighted by molar-refractivity contribution is 7.99. The average molecular weight is 342 g/mol. The van der Waals surface area contributed by atoms with Gasteiger partial charge in [0.2, 0.25) is 11.8 Å². The van der Waals surface area contributed by atoms with Gasteiger partial charge in [-0.25, -0.2) is 0 Å². The summed E-state index contributed by atoms with van der Waals surface area (Å²) in [5.41, 5.74) is 1.50. The lowest BCUT2D eigenvalue weighted by atomic mass is 10.1. The summed E-state index contributed by atoms with van der Waals surface area (Å²) in [6.07, 6.45) is 0.152. The van der Waals surface area contributed by atoms with Gasteiger partial charge >= 0.3 is 0 Å². The van der Waals surface area contributed by atoms with Crippen molar-refractivity contribution < 1.29 is 14.3 Å². The minimum absolute atomic E-state index is 0.114. The predicted octanol–water partition coefficient (Wildman–Crippen LogP) is 3.38. The Balaban J connectivity index is 1.61. The van der Waals surface area contributed by atoms with Gasteiger partial charge in [0.25, 0.3) is 0 Å². The summed E-state index contributed by atoms with van der Waals surface area (Å²) in [6, 6.07) is 14.8. The van der Waals surface area contributed by atoms with E-state index in [4.69, 9.17) is 4.74 Å². The van der Waals surface area contributed by atoms with Crippen molar-refractivity contribution >= 4 is 35.0 Å². The van der Waals surface area contributed by atoms with Gasteiger partial charge < -0.3 is 15.4 Å². The Morgan fingerprint density at radius 1 is 1.25 bits per heavy atom. The van der Waals surface area contributed by atoms with Gasteiger partial charge in [0.1, 0.15) is 5.75 Å². The maximum Gasteiger partial charge on any atom is 0.228 e. The van der Waals surface area contributed by atoms with Crippen molar-refractivity contribution in [1.82, 2.24) is 0 Å². The molecule has 2 aromatic rings. The van der Waals surface area contributed by atoms with Crippen LogP contribution in [0.1, 0.15) is 6.42 Å². The first kappa shape index (κ1) is 16.4. The lowest BCUT2D eigenvalue weighted by Gasteiger charge is -2.13. The Bertz CT molecular complexity index is 746. The van der Waals surface area contributed by atoms with Crippen LogP contribution in [0, 0.1) is 5.92 Å². The maximum absolute atomic E-state index is 12.3. The minimum atomic E-state index is -0.361. The van der Waals surface area contributed by atoms with E-state index in [1.54, 1.807) is 43.1 Å². The molecule has 1 unspecified atom stereocenters. The molecule has 1 heterocycles. The van der Waals surface area contributed by atoms with E-state index in [-0.39, 0.29) is 24.2 Å². The zero-order valence-electron chi connectivity index (χ0n) is 13.2. The predicted molar refractivity (Wildman–Crippen MR) is 95.5 cm³/mol. The Kier molecular flexibility index (Phi) is 5.05. The van der Waals surface area contributed by atoms with E-state index in [0.717, 1.165) is 16.3 Å². The summed E-state index contributed by atoms with van der Waals surface area (Å²) in [5.74, 6) is 0.661. The first-order valence-electron chi connectivity index (χ1n) is 7.62. The molecular weight excluding hydrogens is 324 g/mol. The number of amides is 2. The van der Waals surface area contributed by atoms with Crippen LogP contribution in [-0.4, -0.2) is 24.7 Å². The fourth-order valence-electron chi connectivity index (χ4n) is 2.46. The molecule has 2 amide bonds. The van der Waals surface area contributed by atoms with E-state index in [1.807, 2.05) is 24.3 Å². The monoisotopic (exact) mass is 342 g/mol. The Labute approximate surface area is 144 Å². The van der Waals surface area contributed by atoms with Crippen LogP contribution in [0.2, 0.25) is 0 Å². The lowest BCUT2D eigenvalue weighted by Crippen LogP contribution is -2.27. The van der Waals surface area contributed by atoms with E-state index in [9.17, 15) is 9.59 Å². The Morgan fingerprint density at radius 3 is 2.75 bits per heavy atom. The van der Waals surface area contributed by atoms with Crippen LogP contribution < -0.4 is 15.4 Å². The SMILES string of the molecule is COc1ccc(NC(=O)CC2CSc3ccccc3NC2=O)cc1. The highest BCUT2D eigenvalue weighted by Gasteiger charge is 2.26. The van der Waals surface area contributed by atoms with Crippen molar-refractivity contribution in [1.29, 1.82) is 0 Å². The number of ether oxygens (including phenoxy) is 1. The van der Waals surface area contributed by atoms with E-state index in [2.05, 4.69) is 10.6 Å². The van der Waals surface area contributed by atoms with Gasteiger partial charge in [-0.05, 0) is 36.4 Å². The molecule has 1 aliphatic rings. The smallest absolute Gasteiger partial charge is 0.228 e. The lowest BCUT2D eigenvalue weighted by molar-refractivity contribution is -0.124. The van der Waals surface area contributed by atoms with Crippen molar-refractivity contribution in [3.05, 3.63) is 48.5 Å². The second-order valence-electron chi connectivity index (χ2n) is 5.47. The van der Waals surface area contributed by atoms with Gasteiger partial charge in [0.05, 0.1) is 18.7 Å². The second kappa shape index (κ2) is 7.40. The van der Waals surface area contributed by atoms with Crippen molar-refractivity contribution in [3.8, 4) is 5.75 Å². The molecule has 0 aromatic heterocycles. The first-order chi connectivity index (χ1) is 11.7. The summed E-state index contributed by atoms with van der Waals surface area (Å²) in [4.78, 5) is 25.6. The van der Waals surface area contributed by atoms with Crippen molar-refractivity contribution in [2.75, 3.05) is 23.5 Å². The zero-order valence-corrected chi connectivity index (χ0v) is 14.1. The highest BCUT2D eigenvalue weighted by Crippen LogP contribution is 2.33. The van der Waals surface area contributed by atoms with Crippen LogP contribution in [0.15, 0.2) is 53.4 Å². The van der Waals surface area contributed by atoms with Crippen LogP contribution in [0.25, 0.3) is 0 Å². The summed E-state index contributed by atoms with van der Waals surface area (Å²) in [6.45, 7) is 0. The average Bonchev–Trinajstić information content (AvgIpc) is 2.75. The number of benzene rings is 2. The Morgan fingerprint density at radius 2 is 2.00 bits per heavy atom. The molecule has 0 bridgehead atoms. The van der Waals surface area contributed by atoms with Crippen molar-refractivity contribution in [2.45, 2.75) is 11.3 Å². The van der Waals surface area contributed by atoms with Gasteiger partial charge in [0.15, 0.2) is 0 Å². The van der Waals surface area contributed by atoms with E-state index in [0.29, 0.717) is 11.4 Å². The third kappa shape index (κ3) is 3.89. The molecule has 5 nitrogen and oxygen atoms in total. The largest absolute Gasteiger partial charge is 0.497 e. The van der Waals surface area contributed by atoms with E-state index >= 15 is 0 Å². The van der Waals surface area contributed by atoms with Crippen LogP contribution in [0.3, 0.4) is 0 Å². The van der Waals surface area contributed by atoms with Gasteiger partial charge in [-0.2, -0.15) is 0 Å². The number of carbonyl (C=O) groups is 2. The number of anilines is 2. The van der Waals surface area contributed by atoms with Gasteiger partial charge in [-0.15, -0.1) is 11.8 Å². The molecule has 1 atom stereocenters. The van der Waals surface area contributed by atoms with Gasteiger partial charge in [-0.3, -0.25) is 9.59 Å². The van der Waals surface area contributed by atoms with Crippen LogP contribution in [0.4, 0.5) is 11.4 Å². The number of rotatable bonds is 4. The molecule has 0 aliphatic carbocycles. The van der Waals surface area contributed by atoms with Crippen LogP contribution in [0.5, 0.6) is 5.75 Å². The fourth-order valence-corrected chi connectivity index (χ4v) is 3.56. The number of carbonyl (C=O) groups excluding carboxylic acids is 2. The topological polar surface area (TPSA) is 67.4 Å². The molecule has 0 spiro atoms. The summed E-state index contributed by atoms with van der Waals surface area (Å²) in [7, 11) is 1.59. The first-order valence-corrected chi connectivity index (χ1v) is 8.61. The molecule has 0 fully saturated rings. The number of hydrogen-bond donors (Lipinski definition) is 2. The highest BCUT2D eigenvalue weighted by atomic mass is 32.2. The third-order valence-corrected chi connectivity index (χ3v) is 5.00. The number of thioether (sulfide) groups is 1. The van der Waals surface area contributed by atoms with Crippen LogP contribution in [-0.2, 0) is 9.59 Å². The normalized spacial score (nSPS) is 16.5. The molecule has 1 aliphatic heterocycles. The molecule has 0 saturated carbocycles. The molecule has 24 heavy (non-hydrogen) atoms. The van der Waals surface area contributed by atoms with Crippen molar-refractivity contribution in [3.63, 3.8) is 0 Å². The quantitative estimate of drug-likeness (QED) is 0.894. The van der Waals surface area contributed by atoms with E-state index in [1.165, 1.54) is 0 Å². The fraction of sp³-hybridized carbons (Fsp3) is 0.222. The number of hydrogen-bond acceptors (Lipinski definition) is 4. The number of nitrogens with one attached hydrogen (secondary N) is 2. The molecule has 2 N–H and O–H groups in total. The molecular formula is C18H18N2O3S. The van der Waals surface area contributed by atoms with Gasteiger partial charge in [0, 0.05) is 22.8 Å². The molecule has 6 heteroatoms. The molecule has 0 radical (unpaired) electrons. The maximum atomic E-state index is 12.3. The summed E-state index contributed by atoms with van der Waals surface area (Å²) >= 11 is 1.59.